The number of aromatic nitrogens is 1. The molecule has 0 unspecified atom stereocenters. The minimum Gasteiger partial charge on any atom is -0.340 e. The Bertz CT molecular complexity index is 1100. The van der Waals surface area contributed by atoms with Gasteiger partial charge in [0.1, 0.15) is 0 Å². The summed E-state index contributed by atoms with van der Waals surface area (Å²) in [5.41, 5.74) is 4.93. The molecule has 176 valence electrons. The van der Waals surface area contributed by atoms with Crippen LogP contribution in [0.15, 0.2) is 36.4 Å². The summed E-state index contributed by atoms with van der Waals surface area (Å²) >= 11 is 0. The molecule has 0 radical (unpaired) electrons. The highest BCUT2D eigenvalue weighted by Gasteiger charge is 2.43. The van der Waals surface area contributed by atoms with E-state index in [9.17, 15) is 14.4 Å². The zero-order chi connectivity index (χ0) is 24.1. The lowest BCUT2D eigenvalue weighted by Crippen LogP contribution is -2.29. The standard InChI is InChI=1S/C27H40NO3P/c1-9-27(10-2,32(29,30)31)15-16-28-23-13-11-19(25(3,4)5)17-21(23)22-18-20(26(6,7)8)12-14-24(22)28/h11-14,17-18H,9-10,15-16H2,1-8H3,(H2,29,30,31). The normalized spacial score (nSPS) is 13.9. The molecule has 3 aromatic rings. The van der Waals surface area contributed by atoms with Crippen LogP contribution in [0.5, 0.6) is 0 Å². The van der Waals surface area contributed by atoms with Gasteiger partial charge in [-0.15, -0.1) is 0 Å². The van der Waals surface area contributed by atoms with Gasteiger partial charge in [-0.2, -0.15) is 0 Å². The van der Waals surface area contributed by atoms with Crippen LogP contribution in [0.25, 0.3) is 21.8 Å². The topological polar surface area (TPSA) is 62.5 Å². The predicted molar refractivity (Wildman–Crippen MR) is 137 cm³/mol. The summed E-state index contributed by atoms with van der Waals surface area (Å²) in [6.07, 6.45) is 1.38. The Balaban J connectivity index is 2.24. The van der Waals surface area contributed by atoms with Crippen LogP contribution in [-0.4, -0.2) is 19.5 Å². The Kier molecular flexibility index (Phi) is 6.50. The molecule has 0 spiro atoms. The van der Waals surface area contributed by atoms with Gasteiger partial charge in [-0.3, -0.25) is 4.57 Å². The Morgan fingerprint density at radius 3 is 1.50 bits per heavy atom. The highest BCUT2D eigenvalue weighted by Crippen LogP contribution is 2.56. The van der Waals surface area contributed by atoms with E-state index in [0.717, 1.165) is 11.0 Å². The third-order valence-corrected chi connectivity index (χ3v) is 9.42. The van der Waals surface area contributed by atoms with Crippen LogP contribution in [0.1, 0.15) is 85.8 Å². The van der Waals surface area contributed by atoms with E-state index in [1.54, 1.807) is 0 Å². The molecule has 4 nitrogen and oxygen atoms in total. The van der Waals surface area contributed by atoms with E-state index in [1.807, 2.05) is 13.8 Å². The highest BCUT2D eigenvalue weighted by atomic mass is 31.2. The molecule has 1 aromatic heterocycles. The maximum atomic E-state index is 12.4. The molecule has 0 bridgehead atoms. The average molecular weight is 458 g/mol. The van der Waals surface area contributed by atoms with Gasteiger partial charge >= 0.3 is 7.60 Å². The van der Waals surface area contributed by atoms with Crippen LogP contribution in [-0.2, 0) is 21.9 Å². The number of fused-ring (bicyclic) bond motifs is 3. The van der Waals surface area contributed by atoms with Crippen molar-refractivity contribution in [1.29, 1.82) is 0 Å². The van der Waals surface area contributed by atoms with Crippen molar-refractivity contribution in [1.82, 2.24) is 4.57 Å². The van der Waals surface area contributed by atoms with Gasteiger partial charge in [0.25, 0.3) is 0 Å². The van der Waals surface area contributed by atoms with E-state index in [1.165, 1.54) is 21.9 Å². The SMILES string of the molecule is CCC(CC)(CCn1c2ccc(C(C)(C)C)cc2c2cc(C(C)(C)C)ccc21)P(=O)(O)O. The zero-order valence-corrected chi connectivity index (χ0v) is 21.9. The Hall–Kier alpha value is -1.61. The fraction of sp³-hybridized carbons (Fsp3) is 0.556. The lowest BCUT2D eigenvalue weighted by atomic mass is 9.85. The van der Waals surface area contributed by atoms with E-state index in [-0.39, 0.29) is 10.8 Å². The molecule has 5 heteroatoms. The first-order chi connectivity index (χ1) is 14.6. The van der Waals surface area contributed by atoms with Crippen LogP contribution in [0.4, 0.5) is 0 Å². The highest BCUT2D eigenvalue weighted by molar-refractivity contribution is 7.53. The predicted octanol–water partition coefficient (Wildman–Crippen LogP) is 7.52. The van der Waals surface area contributed by atoms with Gasteiger partial charge < -0.3 is 14.4 Å². The zero-order valence-electron chi connectivity index (χ0n) is 21.0. The number of nitrogens with zero attached hydrogens (tertiary/aromatic N) is 1. The van der Waals surface area contributed by atoms with Crippen LogP contribution < -0.4 is 0 Å². The third-order valence-electron chi connectivity index (χ3n) is 7.33. The van der Waals surface area contributed by atoms with Crippen LogP contribution in [0, 0.1) is 0 Å². The molecular formula is C27H40NO3P. The summed E-state index contributed by atoms with van der Waals surface area (Å²) in [5.74, 6) is 0. The summed E-state index contributed by atoms with van der Waals surface area (Å²) in [7, 11) is -4.22. The van der Waals surface area contributed by atoms with Crippen molar-refractivity contribution in [2.75, 3.05) is 0 Å². The van der Waals surface area contributed by atoms with Gasteiger partial charge in [-0.1, -0.05) is 67.5 Å². The summed E-state index contributed by atoms with van der Waals surface area (Å²) in [6.45, 7) is 17.7. The second kappa shape index (κ2) is 8.31. The van der Waals surface area contributed by atoms with Gasteiger partial charge in [0.2, 0.25) is 0 Å². The van der Waals surface area contributed by atoms with Crippen molar-refractivity contribution in [3.8, 4) is 0 Å². The van der Waals surface area contributed by atoms with E-state index in [4.69, 9.17) is 0 Å². The van der Waals surface area contributed by atoms with Crippen molar-refractivity contribution < 1.29 is 14.4 Å². The van der Waals surface area contributed by atoms with E-state index < -0.39 is 12.8 Å². The van der Waals surface area contributed by atoms with Crippen molar-refractivity contribution in [2.24, 2.45) is 0 Å². The van der Waals surface area contributed by atoms with Crippen molar-refractivity contribution >= 4 is 29.4 Å². The third kappa shape index (κ3) is 4.42. The molecular weight excluding hydrogens is 417 g/mol. The Labute approximate surface area is 193 Å². The summed E-state index contributed by atoms with van der Waals surface area (Å²) in [4.78, 5) is 20.3. The lowest BCUT2D eigenvalue weighted by Gasteiger charge is -2.32. The smallest absolute Gasteiger partial charge is 0.331 e. The van der Waals surface area contributed by atoms with Gasteiger partial charge in [-0.25, -0.2) is 0 Å². The van der Waals surface area contributed by atoms with Gasteiger partial charge in [0.05, 0.1) is 5.16 Å². The monoisotopic (exact) mass is 457 g/mol. The van der Waals surface area contributed by atoms with Crippen molar-refractivity contribution in [3.05, 3.63) is 47.5 Å². The number of benzene rings is 2. The fourth-order valence-electron chi connectivity index (χ4n) is 4.76. The molecule has 0 atom stereocenters. The molecule has 0 aliphatic heterocycles. The number of hydrogen-bond acceptors (Lipinski definition) is 1. The van der Waals surface area contributed by atoms with E-state index in [0.29, 0.717) is 25.8 Å². The minimum atomic E-state index is -4.22. The molecule has 0 saturated heterocycles. The number of aryl methyl sites for hydroxylation is 1. The average Bonchev–Trinajstić information content (AvgIpc) is 2.99. The van der Waals surface area contributed by atoms with E-state index in [2.05, 4.69) is 82.5 Å². The molecule has 32 heavy (non-hydrogen) atoms. The first-order valence-corrected chi connectivity index (χ1v) is 13.4. The number of rotatable bonds is 6. The second-order valence-electron chi connectivity index (χ2n) is 11.3. The van der Waals surface area contributed by atoms with Gasteiger partial charge in [0.15, 0.2) is 0 Å². The van der Waals surface area contributed by atoms with Crippen LogP contribution in [0.3, 0.4) is 0 Å². The first kappa shape index (κ1) is 25.0. The minimum absolute atomic E-state index is 0.0459. The fourth-order valence-corrected chi connectivity index (χ4v) is 5.97. The Morgan fingerprint density at radius 2 is 1.19 bits per heavy atom. The molecule has 0 saturated carbocycles. The van der Waals surface area contributed by atoms with Crippen LogP contribution in [0.2, 0.25) is 0 Å². The summed E-state index contributed by atoms with van der Waals surface area (Å²) < 4.78 is 14.7. The maximum Gasteiger partial charge on any atom is 0.331 e. The van der Waals surface area contributed by atoms with Gasteiger partial charge in [-0.05, 0) is 65.5 Å². The molecule has 1 heterocycles. The summed E-state index contributed by atoms with van der Waals surface area (Å²) in [6, 6.07) is 13.4. The molecule has 2 aromatic carbocycles. The van der Waals surface area contributed by atoms with Crippen molar-refractivity contribution in [3.63, 3.8) is 0 Å². The molecule has 0 aliphatic carbocycles. The largest absolute Gasteiger partial charge is 0.340 e. The number of hydrogen-bond donors (Lipinski definition) is 2. The molecule has 0 fully saturated rings. The Morgan fingerprint density at radius 1 is 0.781 bits per heavy atom. The quantitative estimate of drug-likeness (QED) is 0.376. The second-order valence-corrected chi connectivity index (χ2v) is 13.4. The lowest BCUT2D eigenvalue weighted by molar-refractivity contribution is 0.299. The molecule has 3 rings (SSSR count). The molecule has 0 amide bonds. The first-order valence-electron chi connectivity index (χ1n) is 11.8. The molecule has 2 N–H and O–H groups in total. The molecule has 0 aliphatic rings. The van der Waals surface area contributed by atoms with Crippen LogP contribution >= 0.6 is 7.60 Å². The van der Waals surface area contributed by atoms with E-state index >= 15 is 0 Å². The van der Waals surface area contributed by atoms with Gasteiger partial charge in [0, 0.05) is 28.4 Å². The van der Waals surface area contributed by atoms with Crippen molar-refractivity contribution in [2.45, 2.75) is 97.2 Å². The summed E-state index contributed by atoms with van der Waals surface area (Å²) in [5, 5.41) is 1.45. The maximum absolute atomic E-state index is 12.4.